The lowest BCUT2D eigenvalue weighted by molar-refractivity contribution is 0.311. The van der Waals surface area contributed by atoms with Crippen LogP contribution in [0.15, 0.2) is 5.38 Å². The van der Waals surface area contributed by atoms with Crippen LogP contribution in [0, 0.1) is 6.92 Å². The third-order valence-corrected chi connectivity index (χ3v) is 1.81. The summed E-state index contributed by atoms with van der Waals surface area (Å²) in [7, 11) is 0. The van der Waals surface area contributed by atoms with Crippen LogP contribution in [0.4, 0.5) is 5.82 Å². The number of anilines is 1. The van der Waals surface area contributed by atoms with E-state index in [1.165, 1.54) is 0 Å². The Labute approximate surface area is 63.7 Å². The van der Waals surface area contributed by atoms with Crippen LogP contribution in [0.3, 0.4) is 0 Å². The number of hydrogen-bond acceptors (Lipinski definition) is 4. The highest BCUT2D eigenvalue weighted by Crippen LogP contribution is 2.11. The molecule has 0 saturated heterocycles. The number of aliphatic hydroxyl groups excluding tert-OH is 1. The first-order valence-electron chi connectivity index (χ1n) is 3.10. The van der Waals surface area contributed by atoms with Crippen molar-refractivity contribution in [3.05, 3.63) is 10.4 Å². The first kappa shape index (κ1) is 7.50. The zero-order chi connectivity index (χ0) is 7.40. The molecule has 56 valence electrons. The number of aryl methyl sites for hydroxylation is 1. The quantitative estimate of drug-likeness (QED) is 0.685. The smallest absolute Gasteiger partial charge is 0.137 e. The van der Waals surface area contributed by atoms with Crippen molar-refractivity contribution in [1.82, 2.24) is 4.98 Å². The minimum absolute atomic E-state index is 0.149. The fourth-order valence-corrected chi connectivity index (χ4v) is 1.20. The molecule has 10 heavy (non-hydrogen) atoms. The second-order valence-electron chi connectivity index (χ2n) is 1.90. The Morgan fingerprint density at radius 2 is 2.60 bits per heavy atom. The molecule has 0 fully saturated rings. The summed E-state index contributed by atoms with van der Waals surface area (Å²) in [5.74, 6) is 0.858. The van der Waals surface area contributed by atoms with Crippen LogP contribution in [0.5, 0.6) is 0 Å². The molecule has 0 aliphatic carbocycles. The van der Waals surface area contributed by atoms with Gasteiger partial charge in [-0.3, -0.25) is 0 Å². The van der Waals surface area contributed by atoms with Crippen LogP contribution >= 0.6 is 11.3 Å². The third kappa shape index (κ3) is 1.97. The van der Waals surface area contributed by atoms with Gasteiger partial charge in [0, 0.05) is 11.9 Å². The molecule has 1 heterocycles. The van der Waals surface area contributed by atoms with E-state index in [1.54, 1.807) is 11.3 Å². The number of rotatable bonds is 3. The SMILES string of the molecule is Cc1nc(NCCO)cs1. The van der Waals surface area contributed by atoms with Crippen LogP contribution in [-0.4, -0.2) is 23.2 Å². The van der Waals surface area contributed by atoms with Crippen LogP contribution < -0.4 is 5.32 Å². The normalized spacial score (nSPS) is 9.80. The summed E-state index contributed by atoms with van der Waals surface area (Å²) in [5.41, 5.74) is 0. The molecule has 0 spiro atoms. The van der Waals surface area contributed by atoms with Crippen LogP contribution in [0.1, 0.15) is 5.01 Å². The molecular weight excluding hydrogens is 148 g/mol. The minimum atomic E-state index is 0.149. The molecule has 0 saturated carbocycles. The van der Waals surface area contributed by atoms with Gasteiger partial charge < -0.3 is 10.4 Å². The summed E-state index contributed by atoms with van der Waals surface area (Å²) in [4.78, 5) is 4.14. The maximum absolute atomic E-state index is 8.45. The minimum Gasteiger partial charge on any atom is -0.395 e. The molecule has 0 aliphatic rings. The molecule has 1 aromatic rings. The van der Waals surface area contributed by atoms with Gasteiger partial charge in [0.25, 0.3) is 0 Å². The Morgan fingerprint density at radius 3 is 3.10 bits per heavy atom. The fourth-order valence-electron chi connectivity index (χ4n) is 0.629. The monoisotopic (exact) mass is 158 g/mol. The molecule has 4 heteroatoms. The molecule has 1 aromatic heterocycles. The molecule has 3 nitrogen and oxygen atoms in total. The molecule has 0 aromatic carbocycles. The summed E-state index contributed by atoms with van der Waals surface area (Å²) in [6.45, 7) is 2.68. The fraction of sp³-hybridized carbons (Fsp3) is 0.500. The molecular formula is C6H10N2OS. The zero-order valence-corrected chi connectivity index (χ0v) is 6.61. The van der Waals surface area contributed by atoms with Crippen molar-refractivity contribution in [1.29, 1.82) is 0 Å². The van der Waals surface area contributed by atoms with Gasteiger partial charge in [-0.25, -0.2) is 4.98 Å². The third-order valence-electron chi connectivity index (χ3n) is 1.04. The largest absolute Gasteiger partial charge is 0.395 e. The van der Waals surface area contributed by atoms with E-state index >= 15 is 0 Å². The molecule has 0 bridgehead atoms. The Bertz CT molecular complexity index is 199. The molecule has 2 N–H and O–H groups in total. The van der Waals surface area contributed by atoms with Crippen molar-refractivity contribution in [2.75, 3.05) is 18.5 Å². The van der Waals surface area contributed by atoms with Gasteiger partial charge in [-0.05, 0) is 6.92 Å². The Balaban J connectivity index is 2.42. The lowest BCUT2D eigenvalue weighted by Gasteiger charge is -1.96. The van der Waals surface area contributed by atoms with E-state index in [4.69, 9.17) is 5.11 Å². The standard InChI is InChI=1S/C6H10N2OS/c1-5-8-6(4-10-5)7-2-3-9/h4,7,9H,2-3H2,1H3. The zero-order valence-electron chi connectivity index (χ0n) is 5.79. The van der Waals surface area contributed by atoms with Crippen LogP contribution in [0.2, 0.25) is 0 Å². The lowest BCUT2D eigenvalue weighted by Crippen LogP contribution is -2.05. The predicted molar refractivity (Wildman–Crippen MR) is 42.4 cm³/mol. The number of thiazole rings is 1. The van der Waals surface area contributed by atoms with E-state index in [1.807, 2.05) is 12.3 Å². The summed E-state index contributed by atoms with van der Waals surface area (Å²) in [6.07, 6.45) is 0. The topological polar surface area (TPSA) is 45.2 Å². The second kappa shape index (κ2) is 3.53. The van der Waals surface area contributed by atoms with Crippen molar-refractivity contribution >= 4 is 17.2 Å². The van der Waals surface area contributed by atoms with E-state index < -0.39 is 0 Å². The van der Waals surface area contributed by atoms with E-state index in [0.717, 1.165) is 10.8 Å². The van der Waals surface area contributed by atoms with E-state index in [9.17, 15) is 0 Å². The maximum atomic E-state index is 8.45. The van der Waals surface area contributed by atoms with Crippen molar-refractivity contribution < 1.29 is 5.11 Å². The van der Waals surface area contributed by atoms with Crippen molar-refractivity contribution in [3.8, 4) is 0 Å². The van der Waals surface area contributed by atoms with Crippen LogP contribution in [0.25, 0.3) is 0 Å². The lowest BCUT2D eigenvalue weighted by atomic mass is 10.6. The highest BCUT2D eigenvalue weighted by atomic mass is 32.1. The van der Waals surface area contributed by atoms with Gasteiger partial charge in [-0.15, -0.1) is 11.3 Å². The first-order chi connectivity index (χ1) is 4.83. The Hall–Kier alpha value is -0.610. The van der Waals surface area contributed by atoms with Gasteiger partial charge in [-0.2, -0.15) is 0 Å². The summed E-state index contributed by atoms with van der Waals surface area (Å²) in [6, 6.07) is 0. The van der Waals surface area contributed by atoms with Gasteiger partial charge >= 0.3 is 0 Å². The van der Waals surface area contributed by atoms with E-state index in [0.29, 0.717) is 6.54 Å². The van der Waals surface area contributed by atoms with Gasteiger partial charge in [0.05, 0.1) is 11.6 Å². The highest BCUT2D eigenvalue weighted by Gasteiger charge is 1.93. The number of nitrogens with zero attached hydrogens (tertiary/aromatic N) is 1. The molecule has 0 unspecified atom stereocenters. The summed E-state index contributed by atoms with van der Waals surface area (Å²) >= 11 is 1.60. The van der Waals surface area contributed by atoms with Crippen molar-refractivity contribution in [2.24, 2.45) is 0 Å². The first-order valence-corrected chi connectivity index (χ1v) is 3.98. The van der Waals surface area contributed by atoms with Gasteiger partial charge in [-0.1, -0.05) is 0 Å². The van der Waals surface area contributed by atoms with Crippen LogP contribution in [-0.2, 0) is 0 Å². The molecule has 0 amide bonds. The van der Waals surface area contributed by atoms with Crippen molar-refractivity contribution in [2.45, 2.75) is 6.92 Å². The van der Waals surface area contributed by atoms with Crippen molar-refractivity contribution in [3.63, 3.8) is 0 Å². The van der Waals surface area contributed by atoms with E-state index in [2.05, 4.69) is 10.3 Å². The molecule has 0 radical (unpaired) electrons. The average Bonchev–Trinajstić information content (AvgIpc) is 2.31. The molecule has 0 aliphatic heterocycles. The highest BCUT2D eigenvalue weighted by molar-refractivity contribution is 7.09. The predicted octanol–water partition coefficient (Wildman–Crippen LogP) is 0.856. The number of hydrogen-bond donors (Lipinski definition) is 2. The second-order valence-corrected chi connectivity index (χ2v) is 2.96. The van der Waals surface area contributed by atoms with Gasteiger partial charge in [0.1, 0.15) is 5.82 Å². The Morgan fingerprint density at radius 1 is 1.80 bits per heavy atom. The molecule has 0 atom stereocenters. The number of nitrogens with one attached hydrogen (secondary N) is 1. The molecule has 1 rings (SSSR count). The van der Waals surface area contributed by atoms with Gasteiger partial charge in [0.2, 0.25) is 0 Å². The number of aliphatic hydroxyl groups is 1. The number of aromatic nitrogens is 1. The Kier molecular flexibility index (Phi) is 2.65. The average molecular weight is 158 g/mol. The van der Waals surface area contributed by atoms with Gasteiger partial charge in [0.15, 0.2) is 0 Å². The van der Waals surface area contributed by atoms with E-state index in [-0.39, 0.29) is 6.61 Å². The summed E-state index contributed by atoms with van der Waals surface area (Å²) in [5, 5.41) is 14.4. The summed E-state index contributed by atoms with van der Waals surface area (Å²) < 4.78 is 0. The maximum Gasteiger partial charge on any atom is 0.137 e.